The lowest BCUT2D eigenvalue weighted by Crippen LogP contribution is -2.33. The minimum Gasteiger partial charge on any atom is -0.348 e. The smallest absolute Gasteiger partial charge is 0.230 e. The van der Waals surface area contributed by atoms with Crippen molar-refractivity contribution in [3.63, 3.8) is 0 Å². The molecule has 0 saturated heterocycles. The molecule has 0 unspecified atom stereocenters. The highest BCUT2D eigenvalue weighted by atomic mass is 32.2. The summed E-state index contributed by atoms with van der Waals surface area (Å²) in [6.45, 7) is 6.06. The number of nitrogens with zero attached hydrogens (tertiary/aromatic N) is 2. The first-order valence-corrected chi connectivity index (χ1v) is 8.94. The molecule has 0 bridgehead atoms. The van der Waals surface area contributed by atoms with Crippen LogP contribution in [0.3, 0.4) is 0 Å². The molecule has 2 atom stereocenters. The molecule has 1 amide bonds. The summed E-state index contributed by atoms with van der Waals surface area (Å²) < 4.78 is 13.1. The van der Waals surface area contributed by atoms with Crippen molar-refractivity contribution in [1.82, 2.24) is 15.3 Å². The van der Waals surface area contributed by atoms with Gasteiger partial charge in [-0.05, 0) is 30.5 Å². The van der Waals surface area contributed by atoms with E-state index in [9.17, 15) is 9.18 Å². The third-order valence-electron chi connectivity index (χ3n) is 3.68. The molecule has 24 heavy (non-hydrogen) atoms. The molecule has 4 nitrogen and oxygen atoms in total. The van der Waals surface area contributed by atoms with Gasteiger partial charge in [0, 0.05) is 23.8 Å². The van der Waals surface area contributed by atoms with Crippen molar-refractivity contribution < 1.29 is 9.18 Å². The molecule has 0 aliphatic carbocycles. The van der Waals surface area contributed by atoms with Crippen molar-refractivity contribution in [1.29, 1.82) is 0 Å². The molecule has 1 aromatic heterocycles. The Morgan fingerprint density at radius 3 is 2.50 bits per heavy atom. The molecule has 0 radical (unpaired) electrons. The zero-order valence-electron chi connectivity index (χ0n) is 14.1. The minimum absolute atomic E-state index is 0.0428. The molecular weight excluding hydrogens is 325 g/mol. The van der Waals surface area contributed by atoms with E-state index in [1.165, 1.54) is 23.9 Å². The summed E-state index contributed by atoms with van der Waals surface area (Å²) in [6, 6.07) is 6.14. The van der Waals surface area contributed by atoms with Gasteiger partial charge in [-0.25, -0.2) is 4.39 Å². The van der Waals surface area contributed by atoms with Crippen molar-refractivity contribution in [2.24, 2.45) is 5.92 Å². The van der Waals surface area contributed by atoms with Crippen molar-refractivity contribution in [3.05, 3.63) is 59.9 Å². The molecule has 2 rings (SSSR count). The Hall–Kier alpha value is -1.95. The number of nitrogens with one attached hydrogen (secondary N) is 1. The maximum Gasteiger partial charge on any atom is 0.230 e. The normalized spacial score (nSPS) is 13.5. The Morgan fingerprint density at radius 1 is 1.21 bits per heavy atom. The fourth-order valence-electron chi connectivity index (χ4n) is 2.33. The predicted octanol–water partition coefficient (Wildman–Crippen LogP) is 3.92. The van der Waals surface area contributed by atoms with E-state index in [0.717, 1.165) is 11.3 Å². The Kier molecular flexibility index (Phi) is 6.73. The first-order chi connectivity index (χ1) is 11.5. The van der Waals surface area contributed by atoms with Crippen LogP contribution in [0.15, 0.2) is 42.9 Å². The maximum atomic E-state index is 13.1. The summed E-state index contributed by atoms with van der Waals surface area (Å²) in [7, 11) is 0. The van der Waals surface area contributed by atoms with Crippen LogP contribution in [0.25, 0.3) is 0 Å². The van der Waals surface area contributed by atoms with Gasteiger partial charge in [0.2, 0.25) is 5.91 Å². The van der Waals surface area contributed by atoms with E-state index in [0.29, 0.717) is 5.75 Å². The highest BCUT2D eigenvalue weighted by Gasteiger charge is 2.19. The van der Waals surface area contributed by atoms with Crippen LogP contribution in [0.2, 0.25) is 0 Å². The Morgan fingerprint density at radius 2 is 1.92 bits per heavy atom. The van der Waals surface area contributed by atoms with Gasteiger partial charge in [0.25, 0.3) is 0 Å². The second-order valence-electron chi connectivity index (χ2n) is 5.92. The van der Waals surface area contributed by atoms with Crippen LogP contribution in [-0.2, 0) is 4.79 Å². The van der Waals surface area contributed by atoms with Gasteiger partial charge in [0.1, 0.15) is 5.82 Å². The molecule has 1 aromatic carbocycles. The number of thioether (sulfide) groups is 1. The van der Waals surface area contributed by atoms with Crippen molar-refractivity contribution in [3.8, 4) is 0 Å². The van der Waals surface area contributed by atoms with Gasteiger partial charge < -0.3 is 5.32 Å². The van der Waals surface area contributed by atoms with E-state index in [2.05, 4.69) is 15.3 Å². The summed E-state index contributed by atoms with van der Waals surface area (Å²) in [4.78, 5) is 20.6. The minimum atomic E-state index is -0.277. The number of halogens is 1. The number of carbonyl (C=O) groups excluding carboxylic acids is 1. The first kappa shape index (κ1) is 18.4. The average Bonchev–Trinajstić information content (AvgIpc) is 2.59. The topological polar surface area (TPSA) is 54.9 Å². The van der Waals surface area contributed by atoms with Gasteiger partial charge in [0.05, 0.1) is 17.5 Å². The number of hydrogen-bond acceptors (Lipinski definition) is 4. The molecular formula is C18H22FN3OS. The summed E-state index contributed by atoms with van der Waals surface area (Å²) >= 11 is 1.51. The number of benzene rings is 1. The van der Waals surface area contributed by atoms with Crippen LogP contribution in [-0.4, -0.2) is 21.6 Å². The maximum absolute atomic E-state index is 13.1. The van der Waals surface area contributed by atoms with Crippen LogP contribution in [0.4, 0.5) is 4.39 Å². The molecule has 6 heteroatoms. The van der Waals surface area contributed by atoms with Crippen molar-refractivity contribution >= 4 is 17.7 Å². The summed E-state index contributed by atoms with van der Waals surface area (Å²) in [5, 5.41) is 3.13. The number of rotatable bonds is 7. The summed E-state index contributed by atoms with van der Waals surface area (Å²) in [5.41, 5.74) is 1.76. The molecule has 0 saturated carbocycles. The lowest BCUT2D eigenvalue weighted by Gasteiger charge is -2.23. The highest BCUT2D eigenvalue weighted by Crippen LogP contribution is 2.26. The quantitative estimate of drug-likeness (QED) is 0.825. The largest absolute Gasteiger partial charge is 0.348 e. The SMILES string of the molecule is CC(C)[C@@H](NC(=O)CS[C@@H](C)c1cnccn1)c1ccc(F)cc1. The zero-order chi connectivity index (χ0) is 17.5. The van der Waals surface area contributed by atoms with Gasteiger partial charge in [0.15, 0.2) is 0 Å². The van der Waals surface area contributed by atoms with Crippen LogP contribution < -0.4 is 5.32 Å². The monoisotopic (exact) mass is 347 g/mol. The van der Waals surface area contributed by atoms with Gasteiger partial charge in [-0.15, -0.1) is 11.8 Å². The van der Waals surface area contributed by atoms with Crippen LogP contribution >= 0.6 is 11.8 Å². The third kappa shape index (κ3) is 5.30. The Balaban J connectivity index is 1.92. The third-order valence-corrected chi connectivity index (χ3v) is 4.85. The van der Waals surface area contributed by atoms with E-state index >= 15 is 0 Å². The first-order valence-electron chi connectivity index (χ1n) is 7.89. The molecule has 0 aliphatic heterocycles. The van der Waals surface area contributed by atoms with Crippen LogP contribution in [0, 0.1) is 11.7 Å². The summed E-state index contributed by atoms with van der Waals surface area (Å²) in [6.07, 6.45) is 4.99. The predicted molar refractivity (Wildman–Crippen MR) is 95.0 cm³/mol. The Labute approximate surface area is 146 Å². The van der Waals surface area contributed by atoms with Gasteiger partial charge in [-0.3, -0.25) is 14.8 Å². The van der Waals surface area contributed by atoms with Gasteiger partial charge >= 0.3 is 0 Å². The van der Waals surface area contributed by atoms with Crippen molar-refractivity contribution in [2.45, 2.75) is 32.1 Å². The van der Waals surface area contributed by atoms with E-state index in [1.54, 1.807) is 30.7 Å². The fourth-order valence-corrected chi connectivity index (χ4v) is 3.10. The number of hydrogen-bond donors (Lipinski definition) is 1. The van der Waals surface area contributed by atoms with E-state index in [-0.39, 0.29) is 28.9 Å². The molecule has 0 fully saturated rings. The molecule has 128 valence electrons. The van der Waals surface area contributed by atoms with Crippen LogP contribution in [0.5, 0.6) is 0 Å². The lowest BCUT2D eigenvalue weighted by molar-refractivity contribution is -0.119. The van der Waals surface area contributed by atoms with E-state index in [1.807, 2.05) is 20.8 Å². The van der Waals surface area contributed by atoms with Crippen molar-refractivity contribution in [2.75, 3.05) is 5.75 Å². The fraction of sp³-hybridized carbons (Fsp3) is 0.389. The molecule has 2 aromatic rings. The number of carbonyl (C=O) groups is 1. The second kappa shape index (κ2) is 8.78. The average molecular weight is 347 g/mol. The Bertz CT molecular complexity index is 649. The van der Waals surface area contributed by atoms with E-state index < -0.39 is 0 Å². The summed E-state index contributed by atoms with van der Waals surface area (Å²) in [5.74, 6) is 0.226. The highest BCUT2D eigenvalue weighted by molar-refractivity contribution is 8.00. The molecule has 1 N–H and O–H groups in total. The molecule has 0 aliphatic rings. The lowest BCUT2D eigenvalue weighted by atomic mass is 9.96. The van der Waals surface area contributed by atoms with Gasteiger partial charge in [-0.1, -0.05) is 26.0 Å². The van der Waals surface area contributed by atoms with E-state index in [4.69, 9.17) is 0 Å². The second-order valence-corrected chi connectivity index (χ2v) is 7.25. The van der Waals surface area contributed by atoms with Gasteiger partial charge in [-0.2, -0.15) is 0 Å². The zero-order valence-corrected chi connectivity index (χ0v) is 14.9. The number of aromatic nitrogens is 2. The molecule has 1 heterocycles. The molecule has 0 spiro atoms. The number of amides is 1. The standard InChI is InChI=1S/C18H22FN3OS/c1-12(2)18(14-4-6-15(19)7-5-14)22-17(23)11-24-13(3)16-10-20-8-9-21-16/h4-10,12-13,18H,11H2,1-3H3,(H,22,23)/t13-,18+/m0/s1. The van der Waals surface area contributed by atoms with Crippen LogP contribution in [0.1, 0.15) is 43.3 Å².